The van der Waals surface area contributed by atoms with Gasteiger partial charge in [-0.1, -0.05) is 42.5 Å². The van der Waals surface area contributed by atoms with Crippen LogP contribution >= 0.6 is 0 Å². The van der Waals surface area contributed by atoms with Gasteiger partial charge in [0.15, 0.2) is 17.1 Å². The third kappa shape index (κ3) is 3.76. The predicted molar refractivity (Wildman–Crippen MR) is 113 cm³/mol. The van der Waals surface area contributed by atoms with E-state index >= 15 is 0 Å². The van der Waals surface area contributed by atoms with Crippen LogP contribution in [0.5, 0.6) is 11.5 Å². The summed E-state index contributed by atoms with van der Waals surface area (Å²) in [5, 5.41) is 0. The second-order valence-electron chi connectivity index (χ2n) is 6.28. The molecule has 3 aromatic carbocycles. The van der Waals surface area contributed by atoms with Gasteiger partial charge in [0, 0.05) is 6.08 Å². The van der Waals surface area contributed by atoms with Crippen LogP contribution < -0.4 is 9.47 Å². The number of rotatable bonds is 6. The lowest BCUT2D eigenvalue weighted by Crippen LogP contribution is -1.95. The van der Waals surface area contributed by atoms with Crippen molar-refractivity contribution in [3.8, 4) is 22.6 Å². The molecule has 0 fully saturated rings. The van der Waals surface area contributed by atoms with E-state index in [4.69, 9.17) is 13.9 Å². The summed E-state index contributed by atoms with van der Waals surface area (Å²) in [5.41, 5.74) is 4.86. The van der Waals surface area contributed by atoms with Crippen molar-refractivity contribution in [1.82, 2.24) is 4.98 Å². The summed E-state index contributed by atoms with van der Waals surface area (Å²) >= 11 is 0. The summed E-state index contributed by atoms with van der Waals surface area (Å²) in [7, 11) is 1.64. The van der Waals surface area contributed by atoms with Crippen molar-refractivity contribution in [3.05, 3.63) is 78.2 Å². The smallest absolute Gasteiger partial charge is 0.220 e. The molecule has 0 amide bonds. The molecule has 0 aliphatic carbocycles. The number of benzene rings is 3. The quantitative estimate of drug-likeness (QED) is 0.412. The zero-order chi connectivity index (χ0) is 19.3. The minimum atomic E-state index is 0.563. The van der Waals surface area contributed by atoms with Crippen LogP contribution in [0.3, 0.4) is 0 Å². The third-order valence-electron chi connectivity index (χ3n) is 4.42. The molecule has 0 radical (unpaired) electrons. The van der Waals surface area contributed by atoms with Gasteiger partial charge in [-0.3, -0.25) is 0 Å². The first-order chi connectivity index (χ1) is 13.8. The second-order valence-corrected chi connectivity index (χ2v) is 6.28. The monoisotopic (exact) mass is 371 g/mol. The first-order valence-electron chi connectivity index (χ1n) is 9.22. The van der Waals surface area contributed by atoms with Gasteiger partial charge >= 0.3 is 0 Å². The zero-order valence-corrected chi connectivity index (χ0v) is 15.9. The number of methoxy groups -OCH3 is 1. The highest BCUT2D eigenvalue weighted by Crippen LogP contribution is 2.29. The molecule has 140 valence electrons. The SMILES string of the molecule is CCOc1ccc(C=Cc2nc3cc(-c4ccccc4)ccc3o2)cc1OC. The first-order valence-corrected chi connectivity index (χ1v) is 9.22. The molecule has 4 nitrogen and oxygen atoms in total. The average Bonchev–Trinajstić information content (AvgIpc) is 3.16. The van der Waals surface area contributed by atoms with Crippen molar-refractivity contribution in [3.63, 3.8) is 0 Å². The van der Waals surface area contributed by atoms with Gasteiger partial charge in [0.25, 0.3) is 0 Å². The van der Waals surface area contributed by atoms with Crippen LogP contribution in [-0.4, -0.2) is 18.7 Å². The van der Waals surface area contributed by atoms with Gasteiger partial charge in [-0.15, -0.1) is 0 Å². The summed E-state index contributed by atoms with van der Waals surface area (Å²) in [6.07, 6.45) is 3.80. The largest absolute Gasteiger partial charge is 0.493 e. The molecule has 1 heterocycles. The number of fused-ring (bicyclic) bond motifs is 1. The Morgan fingerprint density at radius 3 is 2.54 bits per heavy atom. The van der Waals surface area contributed by atoms with Crippen molar-refractivity contribution in [2.75, 3.05) is 13.7 Å². The summed E-state index contributed by atoms with van der Waals surface area (Å²) in [6, 6.07) is 22.1. The molecule has 4 rings (SSSR count). The summed E-state index contributed by atoms with van der Waals surface area (Å²) in [6.45, 7) is 2.54. The minimum Gasteiger partial charge on any atom is -0.493 e. The molecular formula is C24H21NO3. The van der Waals surface area contributed by atoms with E-state index in [1.165, 1.54) is 0 Å². The van der Waals surface area contributed by atoms with Gasteiger partial charge in [-0.25, -0.2) is 4.98 Å². The highest BCUT2D eigenvalue weighted by Gasteiger charge is 2.07. The molecule has 0 unspecified atom stereocenters. The molecule has 0 bridgehead atoms. The van der Waals surface area contributed by atoms with E-state index in [1.807, 2.05) is 73.7 Å². The Balaban J connectivity index is 1.59. The highest BCUT2D eigenvalue weighted by molar-refractivity contribution is 5.82. The van der Waals surface area contributed by atoms with Gasteiger partial charge < -0.3 is 13.9 Å². The van der Waals surface area contributed by atoms with Gasteiger partial charge in [0.1, 0.15) is 5.52 Å². The van der Waals surface area contributed by atoms with E-state index in [-0.39, 0.29) is 0 Å². The van der Waals surface area contributed by atoms with Crippen LogP contribution in [0.4, 0.5) is 0 Å². The lowest BCUT2D eigenvalue weighted by Gasteiger charge is -2.09. The van der Waals surface area contributed by atoms with Crippen LogP contribution in [0.15, 0.2) is 71.1 Å². The Morgan fingerprint density at radius 1 is 0.893 bits per heavy atom. The Hall–Kier alpha value is -3.53. The second kappa shape index (κ2) is 8.01. The Morgan fingerprint density at radius 2 is 1.75 bits per heavy atom. The Kier molecular flexibility index (Phi) is 5.11. The molecule has 0 atom stereocenters. The van der Waals surface area contributed by atoms with E-state index in [1.54, 1.807) is 7.11 Å². The van der Waals surface area contributed by atoms with Crippen LogP contribution in [0.2, 0.25) is 0 Å². The molecule has 1 aromatic heterocycles. The molecule has 0 saturated carbocycles. The number of aromatic nitrogens is 1. The number of ether oxygens (including phenoxy) is 2. The average molecular weight is 371 g/mol. The Labute approximate surface area is 164 Å². The van der Waals surface area contributed by atoms with E-state index in [9.17, 15) is 0 Å². The predicted octanol–water partition coefficient (Wildman–Crippen LogP) is 6.07. The van der Waals surface area contributed by atoms with E-state index in [2.05, 4.69) is 17.1 Å². The van der Waals surface area contributed by atoms with Gasteiger partial charge in [-0.05, 0) is 54.0 Å². The van der Waals surface area contributed by atoms with Crippen LogP contribution in [0, 0.1) is 0 Å². The third-order valence-corrected chi connectivity index (χ3v) is 4.42. The zero-order valence-electron chi connectivity index (χ0n) is 15.9. The van der Waals surface area contributed by atoms with Gasteiger partial charge in [-0.2, -0.15) is 0 Å². The molecule has 4 heteroatoms. The highest BCUT2D eigenvalue weighted by atomic mass is 16.5. The lowest BCUT2D eigenvalue weighted by molar-refractivity contribution is 0.311. The summed E-state index contributed by atoms with van der Waals surface area (Å²) < 4.78 is 16.8. The van der Waals surface area contributed by atoms with Crippen molar-refractivity contribution in [1.29, 1.82) is 0 Å². The molecule has 0 aliphatic heterocycles. The number of hydrogen-bond donors (Lipinski definition) is 0. The topological polar surface area (TPSA) is 44.5 Å². The molecule has 28 heavy (non-hydrogen) atoms. The van der Waals surface area contributed by atoms with Crippen LogP contribution in [0.1, 0.15) is 18.4 Å². The maximum Gasteiger partial charge on any atom is 0.220 e. The van der Waals surface area contributed by atoms with E-state index in [0.717, 1.165) is 33.5 Å². The first kappa shape index (κ1) is 17.9. The summed E-state index contributed by atoms with van der Waals surface area (Å²) in [4.78, 5) is 4.59. The Bertz CT molecular complexity index is 1110. The number of hydrogen-bond acceptors (Lipinski definition) is 4. The lowest BCUT2D eigenvalue weighted by atomic mass is 10.1. The molecule has 0 aliphatic rings. The van der Waals surface area contributed by atoms with Crippen molar-refractivity contribution >= 4 is 23.3 Å². The molecule has 0 spiro atoms. The van der Waals surface area contributed by atoms with Gasteiger partial charge in [0.2, 0.25) is 5.89 Å². The molecule has 0 N–H and O–H groups in total. The van der Waals surface area contributed by atoms with E-state index in [0.29, 0.717) is 18.2 Å². The molecule has 4 aromatic rings. The fraction of sp³-hybridized carbons (Fsp3) is 0.125. The van der Waals surface area contributed by atoms with Crippen molar-refractivity contribution in [2.45, 2.75) is 6.92 Å². The fourth-order valence-corrected chi connectivity index (χ4v) is 3.06. The minimum absolute atomic E-state index is 0.563. The molecule has 0 saturated heterocycles. The maximum atomic E-state index is 5.85. The maximum absolute atomic E-state index is 5.85. The fourth-order valence-electron chi connectivity index (χ4n) is 3.06. The van der Waals surface area contributed by atoms with Gasteiger partial charge in [0.05, 0.1) is 13.7 Å². The normalized spacial score (nSPS) is 11.2. The standard InChI is InChI=1S/C24H21NO3/c1-3-27-22-12-9-17(15-23(22)26-2)10-14-24-25-20-16-19(11-13-21(20)28-24)18-7-5-4-6-8-18/h4-16H,3H2,1-2H3. The number of oxazole rings is 1. The molecular weight excluding hydrogens is 350 g/mol. The summed E-state index contributed by atoms with van der Waals surface area (Å²) in [5.74, 6) is 2.00. The van der Waals surface area contributed by atoms with Crippen LogP contribution in [-0.2, 0) is 0 Å². The van der Waals surface area contributed by atoms with Crippen molar-refractivity contribution < 1.29 is 13.9 Å². The number of nitrogens with zero attached hydrogens (tertiary/aromatic N) is 1. The van der Waals surface area contributed by atoms with E-state index < -0.39 is 0 Å². The van der Waals surface area contributed by atoms with Crippen molar-refractivity contribution in [2.24, 2.45) is 0 Å². The van der Waals surface area contributed by atoms with Crippen LogP contribution in [0.25, 0.3) is 34.4 Å².